The lowest BCUT2D eigenvalue weighted by molar-refractivity contribution is -0.188. The van der Waals surface area contributed by atoms with Crippen LogP contribution in [0.5, 0.6) is 5.75 Å². The second kappa shape index (κ2) is 9.60. The van der Waals surface area contributed by atoms with Crippen LogP contribution in [0.2, 0.25) is 0 Å². The third-order valence-electron chi connectivity index (χ3n) is 11.4. The first-order valence-electron chi connectivity index (χ1n) is 15.5. The van der Waals surface area contributed by atoms with Crippen LogP contribution < -0.4 is 4.74 Å². The fourth-order valence-electron chi connectivity index (χ4n) is 9.65. The average Bonchev–Trinajstić information content (AvgIpc) is 3.54. The minimum absolute atomic E-state index is 0.0900. The van der Waals surface area contributed by atoms with Crippen molar-refractivity contribution >= 4 is 33.8 Å². The molecule has 43 heavy (non-hydrogen) atoms. The van der Waals surface area contributed by atoms with Gasteiger partial charge in [-0.15, -0.1) is 0 Å². The van der Waals surface area contributed by atoms with Gasteiger partial charge < -0.3 is 14.2 Å². The molecule has 10 nitrogen and oxygen atoms in total. The molecule has 8 rings (SSSR count). The molecule has 0 amide bonds. The van der Waals surface area contributed by atoms with Crippen LogP contribution in [0.3, 0.4) is 0 Å². The first-order chi connectivity index (χ1) is 20.2. The van der Waals surface area contributed by atoms with E-state index in [-0.39, 0.29) is 52.0 Å². The lowest BCUT2D eigenvalue weighted by atomic mass is 9.49. The highest BCUT2D eigenvalue weighted by molar-refractivity contribution is 7.85. The second-order valence-corrected chi connectivity index (χ2v) is 16.0. The molecule has 7 fully saturated rings. The van der Waals surface area contributed by atoms with Crippen molar-refractivity contribution in [3.8, 4) is 5.75 Å². The number of carbonyl (C=O) groups is 4. The Labute approximate surface area is 251 Å². The topological polar surface area (TPSA) is 150 Å². The molecule has 8 atom stereocenters. The summed E-state index contributed by atoms with van der Waals surface area (Å²) in [4.78, 5) is 53.3. The standard InChI is InChI=1S/C32H38O10S/c1-13(2)19-7-18(43(37,38)39)8-20(14(3)4)26(19)40-29(34)24-22-9-21-23(24)30(35)41-27(21)28(22)42-31(36)32-10-15-5-16(11-32)25(33)17(6-15)12-32/h7-8,13-17,21-24,27-28H,5-6,9-12H2,1-4H3,(H,37,38,39). The lowest BCUT2D eigenvalue weighted by Crippen LogP contribution is -2.56. The fraction of sp³-hybridized carbons (Fsp3) is 0.688. The van der Waals surface area contributed by atoms with E-state index in [1.807, 2.05) is 27.7 Å². The van der Waals surface area contributed by atoms with Crippen LogP contribution in [0, 0.1) is 46.8 Å². The van der Waals surface area contributed by atoms with Crippen LogP contribution in [0.25, 0.3) is 0 Å². The Balaban J connectivity index is 1.17. The number of ketones is 1. The molecule has 0 aromatic heterocycles. The quantitative estimate of drug-likeness (QED) is 0.269. The summed E-state index contributed by atoms with van der Waals surface area (Å²) >= 11 is 0. The van der Waals surface area contributed by atoms with Gasteiger partial charge in [0.15, 0.2) is 0 Å². The summed E-state index contributed by atoms with van der Waals surface area (Å²) in [5.74, 6) is -3.60. The van der Waals surface area contributed by atoms with Gasteiger partial charge in [0.2, 0.25) is 0 Å². The zero-order valence-corrected chi connectivity index (χ0v) is 25.6. The number of esters is 3. The molecule has 6 saturated carbocycles. The number of hydrogen-bond acceptors (Lipinski definition) is 9. The summed E-state index contributed by atoms with van der Waals surface area (Å²) in [6.45, 7) is 7.31. The van der Waals surface area contributed by atoms with E-state index in [0.717, 1.165) is 12.8 Å². The van der Waals surface area contributed by atoms with E-state index < -0.39 is 57.4 Å². The third kappa shape index (κ3) is 4.31. The first-order valence-corrected chi connectivity index (χ1v) is 16.9. The second-order valence-electron chi connectivity index (χ2n) is 14.5. The van der Waals surface area contributed by atoms with Crippen molar-refractivity contribution in [3.63, 3.8) is 0 Å². The largest absolute Gasteiger partial charge is 0.458 e. The number of ether oxygens (including phenoxy) is 3. The molecule has 1 aromatic carbocycles. The van der Waals surface area contributed by atoms with Gasteiger partial charge in [-0.3, -0.25) is 23.7 Å². The van der Waals surface area contributed by atoms with E-state index in [9.17, 15) is 32.1 Å². The molecule has 0 radical (unpaired) electrons. The molecule has 11 heteroatoms. The summed E-state index contributed by atoms with van der Waals surface area (Å²) < 4.78 is 51.8. The molecule has 1 heterocycles. The van der Waals surface area contributed by atoms with Crippen molar-refractivity contribution in [2.75, 3.05) is 0 Å². The lowest BCUT2D eigenvalue weighted by Gasteiger charge is -2.54. The third-order valence-corrected chi connectivity index (χ3v) is 12.2. The number of hydrogen-bond donors (Lipinski definition) is 1. The predicted molar refractivity (Wildman–Crippen MR) is 149 cm³/mol. The minimum atomic E-state index is -4.50. The monoisotopic (exact) mass is 614 g/mol. The summed E-state index contributed by atoms with van der Waals surface area (Å²) in [6.07, 6.45) is 2.54. The molecule has 1 aromatic rings. The number of benzene rings is 1. The van der Waals surface area contributed by atoms with E-state index in [1.165, 1.54) is 12.1 Å². The molecule has 1 aliphatic heterocycles. The highest BCUT2D eigenvalue weighted by Crippen LogP contribution is 2.62. The van der Waals surface area contributed by atoms with E-state index in [4.69, 9.17) is 14.2 Å². The van der Waals surface area contributed by atoms with Crippen LogP contribution in [0.1, 0.15) is 89.2 Å². The fourth-order valence-corrected chi connectivity index (χ4v) is 10.2. The van der Waals surface area contributed by atoms with Crippen molar-refractivity contribution in [1.82, 2.24) is 0 Å². The van der Waals surface area contributed by atoms with Gasteiger partial charge in [0.1, 0.15) is 23.7 Å². The van der Waals surface area contributed by atoms with Crippen LogP contribution >= 0.6 is 0 Å². The maximum atomic E-state index is 14.0. The molecule has 1 N–H and O–H groups in total. The molecule has 0 spiro atoms. The molecule has 6 aliphatic carbocycles. The van der Waals surface area contributed by atoms with E-state index in [1.54, 1.807) is 0 Å². The minimum Gasteiger partial charge on any atom is -0.458 e. The van der Waals surface area contributed by atoms with Gasteiger partial charge in [0.25, 0.3) is 10.1 Å². The smallest absolute Gasteiger partial charge is 0.315 e. The molecular formula is C32H38O10S. The zero-order valence-electron chi connectivity index (χ0n) is 24.8. The van der Waals surface area contributed by atoms with Gasteiger partial charge in [-0.1, -0.05) is 27.7 Å². The van der Waals surface area contributed by atoms with Gasteiger partial charge in [-0.2, -0.15) is 8.42 Å². The first kappa shape index (κ1) is 29.0. The predicted octanol–water partition coefficient (Wildman–Crippen LogP) is 4.20. The number of rotatable bonds is 7. The Morgan fingerprint density at radius 2 is 1.56 bits per heavy atom. The Hall–Kier alpha value is -2.79. The zero-order chi connectivity index (χ0) is 30.7. The van der Waals surface area contributed by atoms with E-state index in [0.29, 0.717) is 42.7 Å². The number of fused-ring (bicyclic) bond motifs is 1. The normalized spacial score (nSPS) is 38.7. The van der Waals surface area contributed by atoms with Crippen molar-refractivity contribution in [1.29, 1.82) is 0 Å². The van der Waals surface area contributed by atoms with Gasteiger partial charge in [0.05, 0.1) is 22.1 Å². The molecule has 232 valence electrons. The van der Waals surface area contributed by atoms with Gasteiger partial charge in [0, 0.05) is 23.7 Å². The van der Waals surface area contributed by atoms with Crippen molar-refractivity contribution in [2.45, 2.75) is 95.2 Å². The van der Waals surface area contributed by atoms with Gasteiger partial charge in [-0.25, -0.2) is 0 Å². The maximum absolute atomic E-state index is 14.0. The Morgan fingerprint density at radius 1 is 0.953 bits per heavy atom. The summed E-state index contributed by atoms with van der Waals surface area (Å²) in [5.41, 5.74) is 0.195. The highest BCUT2D eigenvalue weighted by atomic mass is 32.2. The summed E-state index contributed by atoms with van der Waals surface area (Å²) in [7, 11) is -4.50. The molecule has 6 bridgehead atoms. The van der Waals surface area contributed by atoms with Crippen molar-refractivity contribution < 1.29 is 46.4 Å². The Morgan fingerprint density at radius 3 is 2.12 bits per heavy atom. The van der Waals surface area contributed by atoms with Crippen molar-refractivity contribution in [2.24, 2.45) is 46.8 Å². The number of Topliss-reactive ketones (excluding diaryl/α,β-unsaturated/α-hetero) is 1. The van der Waals surface area contributed by atoms with Crippen LogP contribution in [-0.2, 0) is 38.8 Å². The molecular weight excluding hydrogens is 576 g/mol. The average molecular weight is 615 g/mol. The summed E-state index contributed by atoms with van der Waals surface area (Å²) in [5, 5.41) is 0. The highest BCUT2D eigenvalue weighted by Gasteiger charge is 2.71. The molecule has 8 unspecified atom stereocenters. The molecule has 7 aliphatic rings. The van der Waals surface area contributed by atoms with Crippen LogP contribution in [-0.4, -0.2) is 48.9 Å². The van der Waals surface area contributed by atoms with E-state index >= 15 is 0 Å². The van der Waals surface area contributed by atoms with Gasteiger partial charge >= 0.3 is 17.9 Å². The SMILES string of the molecule is CC(C)c1cc(S(=O)(=O)O)cc(C(C)C)c1OC(=O)C1C2CC3C(OC(=O)C31)C2OC(=O)C12CC3CC(C1)C(=O)C(C3)C2. The van der Waals surface area contributed by atoms with Crippen LogP contribution in [0.4, 0.5) is 0 Å². The molecule has 1 saturated heterocycles. The van der Waals surface area contributed by atoms with Crippen LogP contribution in [0.15, 0.2) is 17.0 Å². The Kier molecular flexibility index (Phi) is 6.47. The number of carbonyl (C=O) groups excluding carboxylic acids is 4. The summed E-state index contributed by atoms with van der Waals surface area (Å²) in [6, 6.07) is 2.63. The maximum Gasteiger partial charge on any atom is 0.315 e. The van der Waals surface area contributed by atoms with Gasteiger partial charge in [-0.05, 0) is 79.5 Å². The Bertz CT molecular complexity index is 1500. The van der Waals surface area contributed by atoms with Crippen molar-refractivity contribution in [3.05, 3.63) is 23.3 Å². The van der Waals surface area contributed by atoms with E-state index in [2.05, 4.69) is 0 Å².